The summed E-state index contributed by atoms with van der Waals surface area (Å²) in [5, 5.41) is 2.18. The minimum atomic E-state index is 0.0374. The first-order chi connectivity index (χ1) is 12.1. The van der Waals surface area contributed by atoms with Crippen molar-refractivity contribution >= 4 is 66.2 Å². The Balaban J connectivity index is 2.09. The molecule has 0 bridgehead atoms. The first-order valence-corrected chi connectivity index (χ1v) is 9.99. The SMILES string of the molecule is CCc1cccc(I)c1C(=O)n1c2ccccc2c2cc(Br)ccc21. The van der Waals surface area contributed by atoms with E-state index in [2.05, 4.69) is 57.6 Å². The van der Waals surface area contributed by atoms with Crippen LogP contribution >= 0.6 is 38.5 Å². The van der Waals surface area contributed by atoms with Crippen LogP contribution in [0, 0.1) is 3.57 Å². The van der Waals surface area contributed by atoms with Gasteiger partial charge in [0.2, 0.25) is 0 Å². The highest BCUT2D eigenvalue weighted by atomic mass is 127. The van der Waals surface area contributed by atoms with E-state index in [4.69, 9.17) is 0 Å². The standard InChI is InChI=1S/C21H15BrINO/c1-2-13-6-5-8-17(23)20(13)21(25)24-18-9-4-3-7-15(18)16-12-14(22)10-11-19(16)24/h3-12H,2H2,1H3. The van der Waals surface area contributed by atoms with E-state index in [0.717, 1.165) is 47.4 Å². The van der Waals surface area contributed by atoms with Gasteiger partial charge in [-0.05, 0) is 64.9 Å². The molecule has 0 atom stereocenters. The molecule has 0 aliphatic heterocycles. The summed E-state index contributed by atoms with van der Waals surface area (Å²) >= 11 is 5.81. The maximum absolute atomic E-state index is 13.6. The third-order valence-corrected chi connectivity index (χ3v) is 5.92. The lowest BCUT2D eigenvalue weighted by Gasteiger charge is -2.12. The van der Waals surface area contributed by atoms with Crippen LogP contribution in [0.4, 0.5) is 0 Å². The van der Waals surface area contributed by atoms with Crippen LogP contribution in [0.2, 0.25) is 0 Å². The van der Waals surface area contributed by atoms with Crippen LogP contribution in [0.15, 0.2) is 65.1 Å². The number of fused-ring (bicyclic) bond motifs is 3. The lowest BCUT2D eigenvalue weighted by atomic mass is 10.0. The number of halogens is 2. The van der Waals surface area contributed by atoms with Crippen LogP contribution in [-0.4, -0.2) is 10.5 Å². The summed E-state index contributed by atoms with van der Waals surface area (Å²) in [5.74, 6) is 0.0374. The Hall–Kier alpha value is -1.66. The van der Waals surface area contributed by atoms with Crippen molar-refractivity contribution in [1.29, 1.82) is 0 Å². The molecule has 0 unspecified atom stereocenters. The van der Waals surface area contributed by atoms with Gasteiger partial charge in [0, 0.05) is 18.8 Å². The highest BCUT2D eigenvalue weighted by Gasteiger charge is 2.21. The molecule has 0 saturated heterocycles. The van der Waals surface area contributed by atoms with E-state index in [1.807, 2.05) is 53.1 Å². The number of hydrogen-bond donors (Lipinski definition) is 0. The van der Waals surface area contributed by atoms with E-state index in [9.17, 15) is 4.79 Å². The number of aromatic nitrogens is 1. The van der Waals surface area contributed by atoms with Gasteiger partial charge in [0.1, 0.15) is 0 Å². The van der Waals surface area contributed by atoms with Gasteiger partial charge >= 0.3 is 0 Å². The topological polar surface area (TPSA) is 22.0 Å². The molecule has 124 valence electrons. The molecule has 0 fully saturated rings. The average molecular weight is 504 g/mol. The number of rotatable bonds is 2. The Bertz CT molecular complexity index is 1130. The summed E-state index contributed by atoms with van der Waals surface area (Å²) in [5.41, 5.74) is 3.77. The van der Waals surface area contributed by atoms with E-state index in [-0.39, 0.29) is 5.91 Å². The van der Waals surface area contributed by atoms with Crippen molar-refractivity contribution in [2.45, 2.75) is 13.3 Å². The molecule has 0 N–H and O–H groups in total. The van der Waals surface area contributed by atoms with Gasteiger partial charge < -0.3 is 0 Å². The largest absolute Gasteiger partial charge is 0.276 e. The van der Waals surface area contributed by atoms with Crippen molar-refractivity contribution in [3.05, 3.63) is 79.8 Å². The van der Waals surface area contributed by atoms with Gasteiger partial charge in [0.15, 0.2) is 0 Å². The van der Waals surface area contributed by atoms with Crippen molar-refractivity contribution in [3.63, 3.8) is 0 Å². The molecule has 1 aromatic heterocycles. The summed E-state index contributed by atoms with van der Waals surface area (Å²) in [6.45, 7) is 2.09. The minimum absolute atomic E-state index is 0.0374. The Morgan fingerprint density at radius 1 is 1.00 bits per heavy atom. The van der Waals surface area contributed by atoms with Crippen LogP contribution in [0.3, 0.4) is 0 Å². The van der Waals surface area contributed by atoms with Gasteiger partial charge in [-0.15, -0.1) is 0 Å². The number of para-hydroxylation sites is 1. The molecular formula is C21H15BrINO. The molecule has 4 rings (SSSR count). The monoisotopic (exact) mass is 503 g/mol. The van der Waals surface area contributed by atoms with E-state index in [1.165, 1.54) is 0 Å². The number of hydrogen-bond acceptors (Lipinski definition) is 1. The first-order valence-electron chi connectivity index (χ1n) is 8.12. The summed E-state index contributed by atoms with van der Waals surface area (Å²) in [4.78, 5) is 13.6. The van der Waals surface area contributed by atoms with E-state index >= 15 is 0 Å². The summed E-state index contributed by atoms with van der Waals surface area (Å²) in [6, 6.07) is 20.2. The Morgan fingerprint density at radius 3 is 2.56 bits per heavy atom. The predicted molar refractivity (Wildman–Crippen MR) is 115 cm³/mol. The van der Waals surface area contributed by atoms with Gasteiger partial charge in [-0.1, -0.05) is 53.2 Å². The fourth-order valence-electron chi connectivity index (χ4n) is 3.38. The van der Waals surface area contributed by atoms with Crippen LogP contribution in [0.25, 0.3) is 21.8 Å². The van der Waals surface area contributed by atoms with Gasteiger partial charge in [-0.25, -0.2) is 0 Å². The number of carbonyl (C=O) groups excluding carboxylic acids is 1. The van der Waals surface area contributed by atoms with Crippen molar-refractivity contribution in [1.82, 2.24) is 4.57 Å². The second kappa shape index (κ2) is 6.57. The molecule has 0 radical (unpaired) electrons. The molecule has 0 amide bonds. The molecule has 0 saturated carbocycles. The zero-order valence-electron chi connectivity index (χ0n) is 13.6. The molecule has 3 aromatic carbocycles. The van der Waals surface area contributed by atoms with E-state index in [0.29, 0.717) is 0 Å². The quantitative estimate of drug-likeness (QED) is 0.289. The molecule has 1 heterocycles. The van der Waals surface area contributed by atoms with Crippen molar-refractivity contribution in [2.75, 3.05) is 0 Å². The summed E-state index contributed by atoms with van der Waals surface area (Å²) in [6.07, 6.45) is 0.834. The first kappa shape index (κ1) is 16.8. The van der Waals surface area contributed by atoms with Crippen LogP contribution in [-0.2, 0) is 6.42 Å². The highest BCUT2D eigenvalue weighted by Crippen LogP contribution is 2.32. The molecule has 2 nitrogen and oxygen atoms in total. The normalized spacial score (nSPS) is 11.3. The van der Waals surface area contributed by atoms with E-state index < -0.39 is 0 Å². The molecule has 0 aliphatic rings. The van der Waals surface area contributed by atoms with Gasteiger partial charge in [0.05, 0.1) is 16.6 Å². The number of carbonyl (C=O) groups is 1. The second-order valence-corrected chi connectivity index (χ2v) is 8.02. The smallest absolute Gasteiger partial charge is 0.264 e. The van der Waals surface area contributed by atoms with E-state index in [1.54, 1.807) is 0 Å². The van der Waals surface area contributed by atoms with Crippen LogP contribution < -0.4 is 0 Å². The Labute approximate surface area is 168 Å². The average Bonchev–Trinajstić information content (AvgIpc) is 2.94. The molecule has 0 aliphatic carbocycles. The maximum Gasteiger partial charge on any atom is 0.264 e. The zero-order valence-corrected chi connectivity index (χ0v) is 17.3. The molecule has 4 heteroatoms. The minimum Gasteiger partial charge on any atom is -0.276 e. The third kappa shape index (κ3) is 2.72. The van der Waals surface area contributed by atoms with Crippen molar-refractivity contribution in [3.8, 4) is 0 Å². The van der Waals surface area contributed by atoms with Gasteiger partial charge in [-0.3, -0.25) is 9.36 Å². The summed E-state index contributed by atoms with van der Waals surface area (Å²) < 4.78 is 3.86. The molecular weight excluding hydrogens is 489 g/mol. The predicted octanol–water partition coefficient (Wildman–Crippen LogP) is 6.41. The van der Waals surface area contributed by atoms with Crippen molar-refractivity contribution < 1.29 is 4.79 Å². The fraction of sp³-hybridized carbons (Fsp3) is 0.0952. The van der Waals surface area contributed by atoms with Gasteiger partial charge in [0.25, 0.3) is 5.91 Å². The molecule has 4 aromatic rings. The van der Waals surface area contributed by atoms with Crippen LogP contribution in [0.1, 0.15) is 22.8 Å². The maximum atomic E-state index is 13.6. The fourth-order valence-corrected chi connectivity index (χ4v) is 4.52. The number of benzene rings is 3. The number of nitrogens with zero attached hydrogens (tertiary/aromatic N) is 1. The summed E-state index contributed by atoms with van der Waals surface area (Å²) in [7, 11) is 0. The van der Waals surface area contributed by atoms with Crippen LogP contribution in [0.5, 0.6) is 0 Å². The zero-order chi connectivity index (χ0) is 17.6. The molecule has 25 heavy (non-hydrogen) atoms. The van der Waals surface area contributed by atoms with Gasteiger partial charge in [-0.2, -0.15) is 0 Å². The lowest BCUT2D eigenvalue weighted by molar-refractivity contribution is 0.0967. The van der Waals surface area contributed by atoms with Crippen molar-refractivity contribution in [2.24, 2.45) is 0 Å². The lowest BCUT2D eigenvalue weighted by Crippen LogP contribution is -2.15. The Kier molecular flexibility index (Phi) is 4.41. The third-order valence-electron chi connectivity index (χ3n) is 4.53. The highest BCUT2D eigenvalue weighted by molar-refractivity contribution is 14.1. The Morgan fingerprint density at radius 2 is 1.76 bits per heavy atom. The number of aryl methyl sites for hydroxylation is 1. The molecule has 0 spiro atoms. The second-order valence-electron chi connectivity index (χ2n) is 5.95.